The number of aromatic nitrogens is 3. The van der Waals surface area contributed by atoms with Crippen molar-refractivity contribution in [1.29, 1.82) is 0 Å². The number of carbonyl (C=O) groups is 1. The second-order valence-electron chi connectivity index (χ2n) is 7.40. The van der Waals surface area contributed by atoms with Crippen LogP contribution in [0.15, 0.2) is 36.7 Å². The van der Waals surface area contributed by atoms with Crippen LogP contribution in [-0.2, 0) is 0 Å². The molecule has 3 aromatic rings. The quantitative estimate of drug-likeness (QED) is 0.636. The average Bonchev–Trinajstić information content (AvgIpc) is 3.33. The molecule has 1 aliphatic rings. The number of fused-ring (bicyclic) bond motifs is 1. The molecule has 4 rings (SSSR count). The predicted octanol–water partition coefficient (Wildman–Crippen LogP) is 4.13. The third kappa shape index (κ3) is 3.87. The first-order valence-electron chi connectivity index (χ1n) is 9.95. The summed E-state index contributed by atoms with van der Waals surface area (Å²) in [6, 6.07) is 3.51. The van der Waals surface area contributed by atoms with E-state index in [1.165, 1.54) is 11.3 Å². The molecule has 0 aliphatic heterocycles. The standard InChI is InChI=1S/C21H23F2N5OS/c1-2-3-9-16-17(13-12-25-28-11-5-4-8-15(13)28)26-20(30-16)19(29)27-18-14(24)7-6-10-21(18,22)23/h3-5,8-9,11-12,14,18H,2,6-7,10,24H2,1H3,(H,27,29). The van der Waals surface area contributed by atoms with Gasteiger partial charge in [-0.3, -0.25) is 4.79 Å². The van der Waals surface area contributed by atoms with E-state index in [1.807, 2.05) is 43.5 Å². The van der Waals surface area contributed by atoms with Gasteiger partial charge in [0.2, 0.25) is 0 Å². The Morgan fingerprint density at radius 1 is 1.47 bits per heavy atom. The van der Waals surface area contributed by atoms with Gasteiger partial charge in [0.15, 0.2) is 5.01 Å². The molecule has 3 N–H and O–H groups in total. The first-order valence-corrected chi connectivity index (χ1v) is 10.8. The van der Waals surface area contributed by atoms with E-state index < -0.39 is 23.9 Å². The molecular weight excluding hydrogens is 408 g/mol. The molecule has 2 atom stereocenters. The van der Waals surface area contributed by atoms with E-state index in [9.17, 15) is 13.6 Å². The summed E-state index contributed by atoms with van der Waals surface area (Å²) in [5, 5.41) is 6.91. The lowest BCUT2D eigenvalue weighted by molar-refractivity contribution is -0.0674. The molecule has 0 aromatic carbocycles. The maximum atomic E-state index is 14.3. The molecule has 3 aromatic heterocycles. The predicted molar refractivity (Wildman–Crippen MR) is 114 cm³/mol. The highest BCUT2D eigenvalue weighted by molar-refractivity contribution is 7.15. The van der Waals surface area contributed by atoms with Crippen molar-refractivity contribution in [1.82, 2.24) is 19.9 Å². The van der Waals surface area contributed by atoms with E-state index in [0.29, 0.717) is 18.5 Å². The summed E-state index contributed by atoms with van der Waals surface area (Å²) in [4.78, 5) is 18.1. The number of nitrogens with two attached hydrogens (primary N) is 1. The lowest BCUT2D eigenvalue weighted by atomic mass is 9.87. The van der Waals surface area contributed by atoms with E-state index in [1.54, 1.807) is 10.7 Å². The summed E-state index contributed by atoms with van der Waals surface area (Å²) in [6.07, 6.45) is 8.73. The monoisotopic (exact) mass is 431 g/mol. The number of hydrogen-bond acceptors (Lipinski definition) is 5. The normalized spacial score (nSPS) is 21.3. The Morgan fingerprint density at radius 2 is 2.30 bits per heavy atom. The summed E-state index contributed by atoms with van der Waals surface area (Å²) in [5.41, 5.74) is 8.12. The molecule has 30 heavy (non-hydrogen) atoms. The van der Waals surface area contributed by atoms with Crippen molar-refractivity contribution >= 4 is 28.8 Å². The molecule has 9 heteroatoms. The summed E-state index contributed by atoms with van der Waals surface area (Å²) in [7, 11) is 0. The number of amides is 1. The summed E-state index contributed by atoms with van der Waals surface area (Å²) in [5.74, 6) is -3.66. The molecule has 1 fully saturated rings. The van der Waals surface area contributed by atoms with Crippen LogP contribution in [0.3, 0.4) is 0 Å². The van der Waals surface area contributed by atoms with Gasteiger partial charge in [-0.2, -0.15) is 5.10 Å². The first kappa shape index (κ1) is 20.6. The molecule has 0 saturated heterocycles. The van der Waals surface area contributed by atoms with Crippen molar-refractivity contribution in [3.05, 3.63) is 46.6 Å². The number of thiazole rings is 1. The topological polar surface area (TPSA) is 85.3 Å². The molecule has 1 aliphatic carbocycles. The Bertz CT molecular complexity index is 1090. The molecule has 0 radical (unpaired) electrons. The third-order valence-electron chi connectivity index (χ3n) is 5.25. The fraction of sp³-hybridized carbons (Fsp3) is 0.381. The van der Waals surface area contributed by atoms with Crippen LogP contribution >= 0.6 is 11.3 Å². The second-order valence-corrected chi connectivity index (χ2v) is 8.43. The van der Waals surface area contributed by atoms with Crippen LogP contribution in [0.25, 0.3) is 22.9 Å². The maximum absolute atomic E-state index is 14.3. The Hall–Kier alpha value is -2.65. The van der Waals surface area contributed by atoms with E-state index in [0.717, 1.165) is 22.4 Å². The summed E-state index contributed by atoms with van der Waals surface area (Å²) < 4.78 is 30.3. The van der Waals surface area contributed by atoms with Gasteiger partial charge in [-0.05, 0) is 37.5 Å². The Labute approximate surface area is 176 Å². The highest BCUT2D eigenvalue weighted by Crippen LogP contribution is 2.35. The summed E-state index contributed by atoms with van der Waals surface area (Å²) >= 11 is 1.17. The number of nitrogens with zero attached hydrogens (tertiary/aromatic N) is 3. The van der Waals surface area contributed by atoms with Gasteiger partial charge in [-0.15, -0.1) is 11.3 Å². The van der Waals surface area contributed by atoms with Crippen molar-refractivity contribution in [2.45, 2.75) is 50.6 Å². The number of nitrogens with one attached hydrogen (secondary N) is 1. The van der Waals surface area contributed by atoms with Crippen LogP contribution in [0.5, 0.6) is 0 Å². The van der Waals surface area contributed by atoms with E-state index >= 15 is 0 Å². The number of rotatable bonds is 5. The molecular formula is C21H23F2N5OS. The van der Waals surface area contributed by atoms with E-state index in [2.05, 4.69) is 15.4 Å². The number of carbonyl (C=O) groups excluding carboxylic acids is 1. The Morgan fingerprint density at radius 3 is 3.07 bits per heavy atom. The molecule has 0 spiro atoms. The maximum Gasteiger partial charge on any atom is 0.280 e. The zero-order valence-electron chi connectivity index (χ0n) is 16.5. The molecule has 2 unspecified atom stereocenters. The van der Waals surface area contributed by atoms with Crippen molar-refractivity contribution in [3.8, 4) is 11.3 Å². The van der Waals surface area contributed by atoms with Crippen LogP contribution in [0.1, 0.15) is 47.3 Å². The largest absolute Gasteiger partial charge is 0.340 e. The van der Waals surface area contributed by atoms with E-state index in [-0.39, 0.29) is 11.4 Å². The zero-order chi connectivity index (χ0) is 21.3. The second kappa shape index (κ2) is 8.23. The van der Waals surface area contributed by atoms with Gasteiger partial charge >= 0.3 is 0 Å². The molecule has 6 nitrogen and oxygen atoms in total. The SMILES string of the molecule is CCC=Cc1sc(C(=O)NC2C(N)CCCC2(F)F)nc1-c1cnn2ccccc12. The van der Waals surface area contributed by atoms with Gasteiger partial charge in [0.05, 0.1) is 22.3 Å². The Kier molecular flexibility index (Phi) is 5.66. The van der Waals surface area contributed by atoms with Crippen molar-refractivity contribution in [2.24, 2.45) is 5.73 Å². The number of allylic oxidation sites excluding steroid dienone is 1. The lowest BCUT2D eigenvalue weighted by Gasteiger charge is -2.36. The highest BCUT2D eigenvalue weighted by Gasteiger charge is 2.46. The van der Waals surface area contributed by atoms with Gasteiger partial charge < -0.3 is 11.1 Å². The number of hydrogen-bond donors (Lipinski definition) is 2. The molecule has 1 amide bonds. The molecule has 0 bridgehead atoms. The molecule has 3 heterocycles. The van der Waals surface area contributed by atoms with Gasteiger partial charge in [0, 0.05) is 24.2 Å². The fourth-order valence-corrected chi connectivity index (χ4v) is 4.61. The minimum atomic E-state index is -3.03. The summed E-state index contributed by atoms with van der Waals surface area (Å²) in [6.45, 7) is 2.01. The smallest absolute Gasteiger partial charge is 0.280 e. The number of alkyl halides is 2. The van der Waals surface area contributed by atoms with Crippen LogP contribution in [0.2, 0.25) is 0 Å². The minimum Gasteiger partial charge on any atom is -0.340 e. The van der Waals surface area contributed by atoms with Crippen molar-refractivity contribution < 1.29 is 13.6 Å². The molecule has 1 saturated carbocycles. The van der Waals surface area contributed by atoms with Crippen LogP contribution in [0, 0.1) is 0 Å². The van der Waals surface area contributed by atoms with E-state index in [4.69, 9.17) is 5.73 Å². The first-order chi connectivity index (χ1) is 14.4. The highest BCUT2D eigenvalue weighted by atomic mass is 32.1. The minimum absolute atomic E-state index is 0.129. The van der Waals surface area contributed by atoms with Crippen LogP contribution < -0.4 is 11.1 Å². The number of pyridine rings is 1. The Balaban J connectivity index is 1.69. The average molecular weight is 432 g/mol. The van der Waals surface area contributed by atoms with Crippen molar-refractivity contribution in [3.63, 3.8) is 0 Å². The molecule has 158 valence electrons. The fourth-order valence-electron chi connectivity index (χ4n) is 3.70. The van der Waals surface area contributed by atoms with Crippen molar-refractivity contribution in [2.75, 3.05) is 0 Å². The lowest BCUT2D eigenvalue weighted by Crippen LogP contribution is -2.59. The van der Waals surface area contributed by atoms with Gasteiger partial charge in [0.1, 0.15) is 6.04 Å². The van der Waals surface area contributed by atoms with Crippen LogP contribution in [-0.4, -0.2) is 38.5 Å². The third-order valence-corrected chi connectivity index (χ3v) is 6.27. The van der Waals surface area contributed by atoms with Gasteiger partial charge in [-0.1, -0.05) is 19.1 Å². The number of halogens is 2. The zero-order valence-corrected chi connectivity index (χ0v) is 17.3. The van der Waals surface area contributed by atoms with Gasteiger partial charge in [0.25, 0.3) is 11.8 Å². The van der Waals surface area contributed by atoms with Gasteiger partial charge in [-0.25, -0.2) is 18.3 Å². The van der Waals surface area contributed by atoms with Crippen LogP contribution in [0.4, 0.5) is 8.78 Å².